The molecule has 2 unspecified atom stereocenters. The molecule has 0 saturated heterocycles. The Kier molecular flexibility index (Phi) is 4.44. The predicted octanol–water partition coefficient (Wildman–Crippen LogP) is 9.40. The van der Waals surface area contributed by atoms with Crippen LogP contribution in [0.4, 0.5) is 34.1 Å². The van der Waals surface area contributed by atoms with Gasteiger partial charge in [0.1, 0.15) is 34.4 Å². The second-order valence-corrected chi connectivity index (χ2v) is 22.6. The number of para-hydroxylation sites is 4. The summed E-state index contributed by atoms with van der Waals surface area (Å²) in [6.45, 7) is 0. The summed E-state index contributed by atoms with van der Waals surface area (Å²) in [4.78, 5) is 4.51. The van der Waals surface area contributed by atoms with Crippen molar-refractivity contribution in [3.8, 4) is 69.0 Å². The molecular weight excluding hydrogens is 755 g/mol. The molecule has 0 amide bonds. The van der Waals surface area contributed by atoms with Crippen molar-refractivity contribution in [3.05, 3.63) is 109 Å². The van der Waals surface area contributed by atoms with Crippen molar-refractivity contribution in [2.45, 2.75) is 0 Å². The van der Waals surface area contributed by atoms with Crippen LogP contribution in [-0.2, 0) is 23.6 Å². The molecule has 0 N–H and O–H groups in total. The van der Waals surface area contributed by atoms with E-state index in [1.54, 1.807) is 0 Å². The maximum Gasteiger partial charge on any atom is 0.183 e. The number of rotatable bonds is 0. The summed E-state index contributed by atoms with van der Waals surface area (Å²) >= 11 is 14.3. The number of nitrogens with zero attached hydrogens (tertiary/aromatic N) is 2. The molecule has 12 heteroatoms. The molecule has 0 bridgehead atoms. The number of hydrogen-bond donors (Lipinski definition) is 0. The monoisotopic (exact) mass is 772 g/mol. The highest BCUT2D eigenvalue weighted by Crippen LogP contribution is 2.74. The van der Waals surface area contributed by atoms with Crippen molar-refractivity contribution < 1.29 is 28.4 Å². The fourth-order valence-corrected chi connectivity index (χ4v) is 19.7. The molecule has 2 atom stereocenters. The molecule has 8 nitrogen and oxygen atoms in total. The van der Waals surface area contributed by atoms with Crippen LogP contribution in [0.25, 0.3) is 0 Å². The Morgan fingerprint density at radius 1 is 0.315 bits per heavy atom. The molecule has 254 valence electrons. The van der Waals surface area contributed by atoms with E-state index in [-0.39, 0.29) is 0 Å². The Balaban J connectivity index is 1.08. The maximum atomic E-state index is 7.15. The quantitative estimate of drug-likeness (QED) is 0.139. The van der Waals surface area contributed by atoms with Gasteiger partial charge in [0, 0.05) is 0 Å². The number of hydrogen-bond acceptors (Lipinski definition) is 10. The third-order valence-electron chi connectivity index (χ3n) is 11.7. The van der Waals surface area contributed by atoms with Crippen molar-refractivity contribution >= 4 is 102 Å². The molecule has 54 heavy (non-hydrogen) atoms. The first-order valence-corrected chi connectivity index (χ1v) is 23.1. The van der Waals surface area contributed by atoms with E-state index in [9.17, 15) is 0 Å². The zero-order valence-electron chi connectivity index (χ0n) is 27.4. The second-order valence-electron chi connectivity index (χ2n) is 14.2. The first kappa shape index (κ1) is 27.8. The highest BCUT2D eigenvalue weighted by atomic mass is 32.4. The van der Waals surface area contributed by atoms with Gasteiger partial charge in [0.25, 0.3) is 0 Å². The summed E-state index contributed by atoms with van der Waals surface area (Å²) in [5.41, 5.74) is 5.60. The standard InChI is InChI=1S/C42H18N2O6P2S2/c53-51-37-21-9-5-13-27(37)47-33-36-42-34(35(41(33)51)49-29-17-15-25-31(39(29)51)43(21)19-7-1-3-11-23(19)45-25)48-28-14-6-10-22-38(28)52(42,54)40-30(50-36)18-16-26-32(40)44(22)20-8-2-4-12-24(20)46-26/h1-18H. The average Bonchev–Trinajstić information content (AvgIpc) is 3.19. The van der Waals surface area contributed by atoms with E-state index in [1.165, 1.54) is 0 Å². The van der Waals surface area contributed by atoms with Gasteiger partial charge in [-0.3, -0.25) is 0 Å². The predicted molar refractivity (Wildman–Crippen MR) is 216 cm³/mol. The van der Waals surface area contributed by atoms with Crippen LogP contribution in [0.15, 0.2) is 109 Å². The number of anilines is 6. The fraction of sp³-hybridized carbons (Fsp3) is 0. The lowest BCUT2D eigenvalue weighted by atomic mass is 10.1. The zero-order valence-corrected chi connectivity index (χ0v) is 30.9. The Hall–Kier alpha value is -5.76. The van der Waals surface area contributed by atoms with Gasteiger partial charge in [-0.05, 0) is 72.8 Å². The van der Waals surface area contributed by atoms with Gasteiger partial charge < -0.3 is 38.2 Å². The number of fused-ring (bicyclic) bond motifs is 8. The van der Waals surface area contributed by atoms with Crippen molar-refractivity contribution in [1.29, 1.82) is 0 Å². The molecule has 8 aliphatic heterocycles. The van der Waals surface area contributed by atoms with Crippen LogP contribution in [0.2, 0.25) is 0 Å². The third-order valence-corrected chi connectivity index (χ3v) is 21.3. The van der Waals surface area contributed by atoms with Crippen molar-refractivity contribution in [1.82, 2.24) is 0 Å². The number of ether oxygens (including phenoxy) is 6. The van der Waals surface area contributed by atoms with Crippen LogP contribution >= 0.6 is 12.1 Å². The van der Waals surface area contributed by atoms with Crippen molar-refractivity contribution in [2.75, 3.05) is 9.80 Å². The zero-order chi connectivity index (χ0) is 35.0. The van der Waals surface area contributed by atoms with Gasteiger partial charge in [-0.15, -0.1) is 0 Å². The molecule has 15 rings (SSSR count). The molecule has 0 radical (unpaired) electrons. The van der Waals surface area contributed by atoms with E-state index >= 15 is 0 Å². The van der Waals surface area contributed by atoms with E-state index in [1.807, 2.05) is 84.9 Å². The molecular formula is C42H18N2O6P2S2. The summed E-state index contributed by atoms with van der Waals surface area (Å²) < 4.78 is 41.6. The molecule has 0 spiro atoms. The largest absolute Gasteiger partial charge is 0.453 e. The molecule has 0 saturated carbocycles. The van der Waals surface area contributed by atoms with Crippen LogP contribution in [0.1, 0.15) is 0 Å². The van der Waals surface area contributed by atoms with Crippen molar-refractivity contribution in [2.24, 2.45) is 0 Å². The molecule has 7 aromatic carbocycles. The smallest absolute Gasteiger partial charge is 0.183 e. The molecule has 0 fully saturated rings. The van der Waals surface area contributed by atoms with Gasteiger partial charge >= 0.3 is 0 Å². The summed E-state index contributed by atoms with van der Waals surface area (Å²) in [6, 6.07) is 30.6. The Labute approximate surface area is 316 Å². The minimum Gasteiger partial charge on any atom is -0.453 e. The highest BCUT2D eigenvalue weighted by molar-refractivity contribution is 8.27. The Morgan fingerprint density at radius 3 is 1.11 bits per heavy atom. The van der Waals surface area contributed by atoms with Crippen LogP contribution in [-0.4, -0.2) is 0 Å². The van der Waals surface area contributed by atoms with E-state index in [0.717, 1.165) is 88.9 Å². The summed E-state index contributed by atoms with van der Waals surface area (Å²) in [6.07, 6.45) is 0. The fourth-order valence-electron chi connectivity index (χ4n) is 9.77. The van der Waals surface area contributed by atoms with E-state index in [4.69, 9.17) is 52.0 Å². The Morgan fingerprint density at radius 2 is 0.667 bits per heavy atom. The first-order valence-electron chi connectivity index (χ1n) is 17.5. The molecule has 8 heterocycles. The minimum absolute atomic E-state index is 0.548. The van der Waals surface area contributed by atoms with Crippen LogP contribution < -0.4 is 70.0 Å². The van der Waals surface area contributed by atoms with Crippen molar-refractivity contribution in [3.63, 3.8) is 0 Å². The SMILES string of the molecule is S=P12c3c4cccc3N3c5ccccc5Oc5ccc(c1c53)Oc1c3c5c(c(c12)O4)Oc1ccc2c4c1P5(=S)c1c(cccc1N4c1ccccc1O2)O3. The topological polar surface area (TPSA) is 61.9 Å². The van der Waals surface area contributed by atoms with Gasteiger partial charge in [0.05, 0.1) is 66.7 Å². The van der Waals surface area contributed by atoms with Gasteiger partial charge in [-0.1, -0.05) is 60.0 Å². The lowest BCUT2D eigenvalue weighted by Gasteiger charge is -2.50. The van der Waals surface area contributed by atoms with Gasteiger partial charge in [-0.25, -0.2) is 0 Å². The van der Waals surface area contributed by atoms with Gasteiger partial charge in [0.15, 0.2) is 46.0 Å². The summed E-state index contributed by atoms with van der Waals surface area (Å²) in [5.74, 6) is 7.94. The maximum absolute atomic E-state index is 7.15. The van der Waals surface area contributed by atoms with E-state index < -0.39 is 12.1 Å². The summed E-state index contributed by atoms with van der Waals surface area (Å²) in [7, 11) is 0. The molecule has 8 aliphatic rings. The van der Waals surface area contributed by atoms with E-state index in [2.05, 4.69) is 34.1 Å². The highest BCUT2D eigenvalue weighted by Gasteiger charge is 2.59. The van der Waals surface area contributed by atoms with Gasteiger partial charge in [-0.2, -0.15) is 0 Å². The molecule has 7 aromatic rings. The van der Waals surface area contributed by atoms with Crippen LogP contribution in [0.5, 0.6) is 69.0 Å². The average molecular weight is 773 g/mol. The van der Waals surface area contributed by atoms with Crippen LogP contribution in [0.3, 0.4) is 0 Å². The molecule has 0 aromatic heterocycles. The van der Waals surface area contributed by atoms with E-state index in [0.29, 0.717) is 46.0 Å². The normalized spacial score (nSPS) is 21.0. The second kappa shape index (κ2) is 8.62. The molecule has 0 aliphatic carbocycles. The first-order chi connectivity index (χ1) is 26.5. The lowest BCUT2D eigenvalue weighted by Crippen LogP contribution is -2.46. The lowest BCUT2D eigenvalue weighted by molar-refractivity contribution is 0.397. The van der Waals surface area contributed by atoms with Gasteiger partial charge in [0.2, 0.25) is 0 Å². The third kappa shape index (κ3) is 2.73. The number of benzene rings is 7. The minimum atomic E-state index is -2.91. The van der Waals surface area contributed by atoms with Crippen LogP contribution in [0, 0.1) is 0 Å². The summed E-state index contributed by atoms with van der Waals surface area (Å²) in [5, 5.41) is 5.38. The Bertz CT molecular complexity index is 3010.